The van der Waals surface area contributed by atoms with Gasteiger partial charge in [-0.3, -0.25) is 4.79 Å². The smallest absolute Gasteiger partial charge is 0.221 e. The van der Waals surface area contributed by atoms with Gasteiger partial charge in [0.15, 0.2) is 0 Å². The van der Waals surface area contributed by atoms with Gasteiger partial charge in [-0.05, 0) is 29.8 Å². The Balaban J connectivity index is 1.84. The highest BCUT2D eigenvalue weighted by atomic mass is 79.9. The molecule has 7 heteroatoms. The summed E-state index contributed by atoms with van der Waals surface area (Å²) in [6.45, 7) is 1.48. The van der Waals surface area contributed by atoms with E-state index in [1.54, 1.807) is 6.20 Å². The first kappa shape index (κ1) is 17.2. The summed E-state index contributed by atoms with van der Waals surface area (Å²) in [5.41, 5.74) is 11.1. The van der Waals surface area contributed by atoms with Crippen molar-refractivity contribution in [1.82, 2.24) is 15.0 Å². The average Bonchev–Trinajstić information content (AvgIpc) is 3.05. The van der Waals surface area contributed by atoms with E-state index in [0.717, 1.165) is 43.4 Å². The SMILES string of the molecule is CC(=O)Nc1ccc(-c2cnc(N)nc2-c2c[nH]c3cc(Br)ccc23)cc1. The summed E-state index contributed by atoms with van der Waals surface area (Å²) in [5, 5.41) is 3.81. The molecule has 0 unspecified atom stereocenters. The zero-order valence-electron chi connectivity index (χ0n) is 14.5. The van der Waals surface area contributed by atoms with Crippen LogP contribution >= 0.6 is 15.9 Å². The van der Waals surface area contributed by atoms with Crippen LogP contribution in [0.5, 0.6) is 0 Å². The molecule has 0 atom stereocenters. The van der Waals surface area contributed by atoms with E-state index in [-0.39, 0.29) is 11.9 Å². The molecule has 0 radical (unpaired) electrons. The predicted octanol–water partition coefficient (Wildman–Crippen LogP) is 4.60. The summed E-state index contributed by atoms with van der Waals surface area (Å²) in [5.74, 6) is 0.110. The molecule has 0 aliphatic rings. The minimum atomic E-state index is -0.107. The fourth-order valence-corrected chi connectivity index (χ4v) is 3.40. The number of halogens is 1. The molecule has 0 aliphatic carbocycles. The lowest BCUT2D eigenvalue weighted by Crippen LogP contribution is -2.05. The lowest BCUT2D eigenvalue weighted by atomic mass is 10.00. The van der Waals surface area contributed by atoms with Gasteiger partial charge in [-0.15, -0.1) is 0 Å². The second-order valence-electron chi connectivity index (χ2n) is 6.14. The average molecular weight is 422 g/mol. The number of nitrogens with zero attached hydrogens (tertiary/aromatic N) is 2. The Kier molecular flexibility index (Phi) is 4.37. The number of nitrogens with two attached hydrogens (primary N) is 1. The largest absolute Gasteiger partial charge is 0.368 e. The van der Waals surface area contributed by atoms with Crippen LogP contribution in [-0.2, 0) is 4.79 Å². The van der Waals surface area contributed by atoms with Crippen molar-refractivity contribution in [1.29, 1.82) is 0 Å². The highest BCUT2D eigenvalue weighted by molar-refractivity contribution is 9.10. The van der Waals surface area contributed by atoms with Gasteiger partial charge in [0.25, 0.3) is 0 Å². The number of fused-ring (bicyclic) bond motifs is 1. The van der Waals surface area contributed by atoms with Gasteiger partial charge in [-0.2, -0.15) is 0 Å². The van der Waals surface area contributed by atoms with Crippen LogP contribution in [0.4, 0.5) is 11.6 Å². The molecule has 4 rings (SSSR count). The summed E-state index contributed by atoms with van der Waals surface area (Å²) in [6.07, 6.45) is 3.65. The molecular weight excluding hydrogens is 406 g/mol. The summed E-state index contributed by atoms with van der Waals surface area (Å²) in [6, 6.07) is 13.6. The molecule has 27 heavy (non-hydrogen) atoms. The molecule has 2 aromatic carbocycles. The fraction of sp³-hybridized carbons (Fsp3) is 0.0500. The second kappa shape index (κ2) is 6.85. The number of benzene rings is 2. The quantitative estimate of drug-likeness (QED) is 0.450. The highest BCUT2D eigenvalue weighted by Crippen LogP contribution is 2.36. The molecule has 0 aliphatic heterocycles. The van der Waals surface area contributed by atoms with E-state index in [4.69, 9.17) is 5.73 Å². The molecule has 2 heterocycles. The van der Waals surface area contributed by atoms with E-state index in [1.807, 2.05) is 48.7 Å². The lowest BCUT2D eigenvalue weighted by molar-refractivity contribution is -0.114. The lowest BCUT2D eigenvalue weighted by Gasteiger charge is -2.10. The Hall–Kier alpha value is -3.19. The van der Waals surface area contributed by atoms with Crippen LogP contribution in [0.25, 0.3) is 33.3 Å². The van der Waals surface area contributed by atoms with Gasteiger partial charge in [0.1, 0.15) is 0 Å². The molecule has 6 nitrogen and oxygen atoms in total. The van der Waals surface area contributed by atoms with Crippen molar-refractivity contribution < 1.29 is 4.79 Å². The maximum absolute atomic E-state index is 11.2. The van der Waals surface area contributed by atoms with Crippen LogP contribution in [-0.4, -0.2) is 20.9 Å². The molecule has 0 spiro atoms. The number of nitrogen functional groups attached to an aromatic ring is 1. The number of aromatic nitrogens is 3. The molecule has 0 saturated heterocycles. The molecule has 4 aromatic rings. The van der Waals surface area contributed by atoms with Gasteiger partial charge in [0, 0.05) is 51.5 Å². The van der Waals surface area contributed by atoms with Crippen LogP contribution in [0.2, 0.25) is 0 Å². The molecular formula is C20H16BrN5O. The van der Waals surface area contributed by atoms with Crippen LogP contribution in [0.3, 0.4) is 0 Å². The van der Waals surface area contributed by atoms with Gasteiger partial charge in [-0.25, -0.2) is 9.97 Å². The van der Waals surface area contributed by atoms with Crippen molar-refractivity contribution in [3.8, 4) is 22.4 Å². The van der Waals surface area contributed by atoms with Crippen molar-refractivity contribution in [2.75, 3.05) is 11.1 Å². The van der Waals surface area contributed by atoms with Crippen molar-refractivity contribution in [3.63, 3.8) is 0 Å². The third kappa shape index (κ3) is 3.41. The molecule has 4 N–H and O–H groups in total. The van der Waals surface area contributed by atoms with Crippen LogP contribution < -0.4 is 11.1 Å². The number of hydrogen-bond donors (Lipinski definition) is 3. The predicted molar refractivity (Wildman–Crippen MR) is 111 cm³/mol. The maximum atomic E-state index is 11.2. The molecule has 2 aromatic heterocycles. The van der Waals surface area contributed by atoms with Gasteiger partial charge >= 0.3 is 0 Å². The second-order valence-corrected chi connectivity index (χ2v) is 7.06. The van der Waals surface area contributed by atoms with Gasteiger partial charge in [0.05, 0.1) is 5.69 Å². The van der Waals surface area contributed by atoms with E-state index in [0.29, 0.717) is 0 Å². The van der Waals surface area contributed by atoms with Crippen LogP contribution in [0.1, 0.15) is 6.92 Å². The zero-order valence-corrected chi connectivity index (χ0v) is 16.0. The Bertz CT molecular complexity index is 1150. The number of nitrogens with one attached hydrogen (secondary N) is 2. The van der Waals surface area contributed by atoms with Crippen molar-refractivity contribution in [2.24, 2.45) is 0 Å². The highest BCUT2D eigenvalue weighted by Gasteiger charge is 2.15. The Morgan fingerprint density at radius 3 is 2.67 bits per heavy atom. The first-order valence-electron chi connectivity index (χ1n) is 8.29. The van der Waals surface area contributed by atoms with E-state index in [2.05, 4.69) is 36.2 Å². The number of hydrogen-bond acceptors (Lipinski definition) is 4. The van der Waals surface area contributed by atoms with Gasteiger partial charge < -0.3 is 16.0 Å². The topological polar surface area (TPSA) is 96.7 Å². The van der Waals surface area contributed by atoms with Gasteiger partial charge in [-0.1, -0.05) is 34.1 Å². The minimum absolute atomic E-state index is 0.107. The summed E-state index contributed by atoms with van der Waals surface area (Å²) >= 11 is 3.49. The van der Waals surface area contributed by atoms with Crippen LogP contribution in [0.15, 0.2) is 59.3 Å². The third-order valence-corrected chi connectivity index (χ3v) is 4.72. The normalized spacial score (nSPS) is 10.9. The number of anilines is 2. The minimum Gasteiger partial charge on any atom is -0.368 e. The first-order valence-corrected chi connectivity index (χ1v) is 9.08. The van der Waals surface area contributed by atoms with E-state index >= 15 is 0 Å². The van der Waals surface area contributed by atoms with Gasteiger partial charge in [0.2, 0.25) is 11.9 Å². The third-order valence-electron chi connectivity index (χ3n) is 4.22. The Labute approximate surface area is 164 Å². The van der Waals surface area contributed by atoms with E-state index in [9.17, 15) is 4.79 Å². The fourth-order valence-electron chi connectivity index (χ4n) is 3.04. The summed E-state index contributed by atoms with van der Waals surface area (Å²) in [7, 11) is 0. The van der Waals surface area contributed by atoms with Crippen molar-refractivity contribution >= 4 is 44.4 Å². The zero-order chi connectivity index (χ0) is 19.0. The Morgan fingerprint density at radius 2 is 1.93 bits per heavy atom. The number of aromatic amines is 1. The first-order chi connectivity index (χ1) is 13.0. The van der Waals surface area contributed by atoms with E-state index < -0.39 is 0 Å². The number of amides is 1. The molecule has 0 fully saturated rings. The number of carbonyl (C=O) groups excluding carboxylic acids is 1. The number of rotatable bonds is 3. The Morgan fingerprint density at radius 1 is 1.15 bits per heavy atom. The monoisotopic (exact) mass is 421 g/mol. The van der Waals surface area contributed by atoms with Crippen LogP contribution in [0, 0.1) is 0 Å². The van der Waals surface area contributed by atoms with Crippen molar-refractivity contribution in [2.45, 2.75) is 6.92 Å². The number of carbonyl (C=O) groups is 1. The molecule has 134 valence electrons. The summed E-state index contributed by atoms with van der Waals surface area (Å²) < 4.78 is 0.999. The molecule has 0 bridgehead atoms. The van der Waals surface area contributed by atoms with E-state index in [1.165, 1.54) is 6.92 Å². The number of H-pyrrole nitrogens is 1. The van der Waals surface area contributed by atoms with Crippen molar-refractivity contribution in [3.05, 3.63) is 59.3 Å². The maximum Gasteiger partial charge on any atom is 0.221 e. The standard InChI is InChI=1S/C20H16BrN5O/c1-11(27)25-14-5-2-12(3-6-14)16-9-24-20(22)26-19(16)17-10-23-18-8-13(21)4-7-15(17)18/h2-10,23H,1H3,(H,25,27)(H2,22,24,26). The molecule has 0 saturated carbocycles. The summed E-state index contributed by atoms with van der Waals surface area (Å²) in [4.78, 5) is 23.2. The molecule has 1 amide bonds.